The van der Waals surface area contributed by atoms with Crippen molar-refractivity contribution in [1.82, 2.24) is 5.32 Å². The van der Waals surface area contributed by atoms with Gasteiger partial charge in [-0.3, -0.25) is 0 Å². The second kappa shape index (κ2) is 7.38. The van der Waals surface area contributed by atoms with Crippen molar-refractivity contribution >= 4 is 0 Å². The van der Waals surface area contributed by atoms with Gasteiger partial charge in [0, 0.05) is 12.1 Å². The van der Waals surface area contributed by atoms with Crippen molar-refractivity contribution in [1.29, 1.82) is 0 Å². The molecule has 0 atom stereocenters. The maximum Gasteiger partial charge on any atom is 0.263 e. The average molecular weight is 241 g/mol. The van der Waals surface area contributed by atoms with Crippen LogP contribution in [0.15, 0.2) is 24.3 Å². The van der Waals surface area contributed by atoms with Crippen molar-refractivity contribution in [3.63, 3.8) is 0 Å². The van der Waals surface area contributed by atoms with Gasteiger partial charge < -0.3 is 5.32 Å². The molecule has 0 unspecified atom stereocenters. The van der Waals surface area contributed by atoms with E-state index < -0.39 is 6.43 Å². The third-order valence-electron chi connectivity index (χ3n) is 3.12. The Morgan fingerprint density at radius 2 is 1.88 bits per heavy atom. The van der Waals surface area contributed by atoms with Crippen LogP contribution in [0.25, 0.3) is 0 Å². The molecule has 0 saturated heterocycles. The van der Waals surface area contributed by atoms with E-state index in [1.807, 2.05) is 6.07 Å². The van der Waals surface area contributed by atoms with Gasteiger partial charge in [0.1, 0.15) is 0 Å². The largest absolute Gasteiger partial charge is 0.312 e. The first-order valence-electron chi connectivity index (χ1n) is 6.25. The number of rotatable bonds is 7. The van der Waals surface area contributed by atoms with E-state index in [4.69, 9.17) is 0 Å². The number of nitrogens with one attached hydrogen (secondary N) is 1. The van der Waals surface area contributed by atoms with Crippen molar-refractivity contribution in [3.05, 3.63) is 35.4 Å². The predicted molar refractivity (Wildman–Crippen MR) is 67.2 cm³/mol. The van der Waals surface area contributed by atoms with Crippen LogP contribution < -0.4 is 5.32 Å². The van der Waals surface area contributed by atoms with Gasteiger partial charge in [0.05, 0.1) is 0 Å². The molecule has 0 heterocycles. The van der Waals surface area contributed by atoms with Crippen molar-refractivity contribution in [2.75, 3.05) is 6.54 Å². The molecule has 1 aromatic carbocycles. The van der Waals surface area contributed by atoms with Gasteiger partial charge in [-0.25, -0.2) is 8.78 Å². The van der Waals surface area contributed by atoms with E-state index in [0.717, 1.165) is 24.9 Å². The third kappa shape index (κ3) is 4.82. The Morgan fingerprint density at radius 3 is 2.47 bits per heavy atom. The molecule has 0 aliphatic heterocycles. The summed E-state index contributed by atoms with van der Waals surface area (Å²) < 4.78 is 25.0. The summed E-state index contributed by atoms with van der Waals surface area (Å²) in [4.78, 5) is 0. The lowest BCUT2D eigenvalue weighted by Gasteiger charge is -2.13. The summed E-state index contributed by atoms with van der Waals surface area (Å²) in [6.07, 6.45) is -0.0739. The third-order valence-corrected chi connectivity index (χ3v) is 3.12. The van der Waals surface area contributed by atoms with Crippen molar-refractivity contribution in [2.45, 2.75) is 39.7 Å². The van der Waals surface area contributed by atoms with Crippen LogP contribution in [0.5, 0.6) is 0 Å². The van der Waals surface area contributed by atoms with Crippen molar-refractivity contribution in [3.8, 4) is 0 Å². The normalized spacial score (nSPS) is 11.4. The number of halogens is 2. The lowest BCUT2D eigenvalue weighted by Crippen LogP contribution is -2.21. The van der Waals surface area contributed by atoms with Gasteiger partial charge in [0.15, 0.2) is 0 Å². The van der Waals surface area contributed by atoms with Crippen LogP contribution in [0.1, 0.15) is 44.2 Å². The molecule has 1 aromatic rings. The number of hydrogen-bond donors (Lipinski definition) is 1. The maximum absolute atomic E-state index is 12.5. The smallest absolute Gasteiger partial charge is 0.263 e. The minimum Gasteiger partial charge on any atom is -0.312 e. The van der Waals surface area contributed by atoms with Gasteiger partial charge in [0.25, 0.3) is 6.43 Å². The van der Waals surface area contributed by atoms with Crippen LogP contribution in [0, 0.1) is 5.92 Å². The fourth-order valence-electron chi connectivity index (χ4n) is 1.84. The molecule has 96 valence electrons. The second-order valence-corrected chi connectivity index (χ2v) is 4.36. The summed E-state index contributed by atoms with van der Waals surface area (Å²) in [6, 6.07) is 6.61. The Balaban J connectivity index is 2.43. The zero-order valence-corrected chi connectivity index (χ0v) is 10.5. The zero-order valence-electron chi connectivity index (χ0n) is 10.5. The highest BCUT2D eigenvalue weighted by atomic mass is 19.3. The van der Waals surface area contributed by atoms with Crippen LogP contribution in [0.3, 0.4) is 0 Å². The monoisotopic (exact) mass is 241 g/mol. The zero-order chi connectivity index (χ0) is 12.7. The summed E-state index contributed by atoms with van der Waals surface area (Å²) in [5.74, 6) is 0.674. The number of benzene rings is 1. The summed E-state index contributed by atoms with van der Waals surface area (Å²) in [6.45, 7) is 5.96. The van der Waals surface area contributed by atoms with Crippen LogP contribution in [-0.2, 0) is 6.54 Å². The molecule has 0 aromatic heterocycles. The highest BCUT2D eigenvalue weighted by Gasteiger charge is 2.07. The molecule has 0 radical (unpaired) electrons. The summed E-state index contributed by atoms with van der Waals surface area (Å²) in [7, 11) is 0. The Labute approximate surface area is 102 Å². The molecule has 0 bridgehead atoms. The molecule has 0 amide bonds. The van der Waals surface area contributed by atoms with E-state index in [1.165, 1.54) is 6.07 Å². The first-order valence-corrected chi connectivity index (χ1v) is 6.25. The Bertz CT molecular complexity index is 322. The quantitative estimate of drug-likeness (QED) is 0.756. The minimum absolute atomic E-state index is 0.104. The highest BCUT2D eigenvalue weighted by molar-refractivity contribution is 5.24. The van der Waals surface area contributed by atoms with E-state index in [1.54, 1.807) is 12.1 Å². The SMILES string of the molecule is CCC(CC)CNCc1cccc(C(F)F)c1. The molecule has 17 heavy (non-hydrogen) atoms. The van der Waals surface area contributed by atoms with E-state index >= 15 is 0 Å². The first-order chi connectivity index (χ1) is 8.17. The second-order valence-electron chi connectivity index (χ2n) is 4.36. The molecule has 0 saturated carbocycles. The topological polar surface area (TPSA) is 12.0 Å². The average Bonchev–Trinajstić information content (AvgIpc) is 2.35. The summed E-state index contributed by atoms with van der Waals surface area (Å²) in [5, 5.41) is 3.32. The van der Waals surface area contributed by atoms with Gasteiger partial charge >= 0.3 is 0 Å². The summed E-state index contributed by atoms with van der Waals surface area (Å²) >= 11 is 0. The van der Waals surface area contributed by atoms with Crippen LogP contribution in [0.4, 0.5) is 8.78 Å². The fourth-order valence-corrected chi connectivity index (χ4v) is 1.84. The van der Waals surface area contributed by atoms with E-state index in [-0.39, 0.29) is 5.56 Å². The van der Waals surface area contributed by atoms with Crippen molar-refractivity contribution in [2.24, 2.45) is 5.92 Å². The Hall–Kier alpha value is -0.960. The molecule has 0 aliphatic rings. The first kappa shape index (κ1) is 14.1. The predicted octanol–water partition coefficient (Wildman–Crippen LogP) is 4.15. The summed E-state index contributed by atoms with van der Waals surface area (Å²) in [5.41, 5.74) is 1.03. The fraction of sp³-hybridized carbons (Fsp3) is 0.571. The van der Waals surface area contributed by atoms with Gasteiger partial charge in [-0.15, -0.1) is 0 Å². The van der Waals surface area contributed by atoms with Gasteiger partial charge in [-0.2, -0.15) is 0 Å². The molecular weight excluding hydrogens is 220 g/mol. The standard InChI is InChI=1S/C14H21F2N/c1-3-11(4-2)9-17-10-12-6-5-7-13(8-12)14(15)16/h5-8,11,14,17H,3-4,9-10H2,1-2H3. The lowest BCUT2D eigenvalue weighted by atomic mass is 10.0. The lowest BCUT2D eigenvalue weighted by molar-refractivity contribution is 0.151. The molecule has 0 aliphatic carbocycles. The molecular formula is C14H21F2N. The van der Waals surface area contributed by atoms with Crippen molar-refractivity contribution < 1.29 is 8.78 Å². The molecule has 1 rings (SSSR count). The van der Waals surface area contributed by atoms with E-state index in [0.29, 0.717) is 12.5 Å². The Morgan fingerprint density at radius 1 is 1.18 bits per heavy atom. The number of hydrogen-bond acceptors (Lipinski definition) is 1. The molecule has 3 heteroatoms. The van der Waals surface area contributed by atoms with Crippen LogP contribution in [0.2, 0.25) is 0 Å². The molecule has 1 nitrogen and oxygen atoms in total. The van der Waals surface area contributed by atoms with Crippen LogP contribution in [-0.4, -0.2) is 6.54 Å². The van der Waals surface area contributed by atoms with Gasteiger partial charge in [0.2, 0.25) is 0 Å². The van der Waals surface area contributed by atoms with Gasteiger partial charge in [-0.1, -0.05) is 44.9 Å². The molecule has 0 fully saturated rings. The molecule has 1 N–H and O–H groups in total. The van der Waals surface area contributed by atoms with Crippen LogP contribution >= 0.6 is 0 Å². The Kier molecular flexibility index (Phi) is 6.12. The number of alkyl halides is 2. The molecule has 0 spiro atoms. The minimum atomic E-state index is -2.38. The highest BCUT2D eigenvalue weighted by Crippen LogP contribution is 2.19. The van der Waals surface area contributed by atoms with E-state index in [2.05, 4.69) is 19.2 Å². The van der Waals surface area contributed by atoms with E-state index in [9.17, 15) is 8.78 Å². The maximum atomic E-state index is 12.5. The van der Waals surface area contributed by atoms with Gasteiger partial charge in [-0.05, 0) is 24.1 Å².